The van der Waals surface area contributed by atoms with Crippen molar-refractivity contribution in [1.29, 1.82) is 0 Å². The number of aryl methyl sites for hydroxylation is 2. The van der Waals surface area contributed by atoms with E-state index in [9.17, 15) is 0 Å². The highest BCUT2D eigenvalue weighted by Gasteiger charge is 2.29. The maximum atomic E-state index is 5.65. The Morgan fingerprint density at radius 3 is 2.53 bits per heavy atom. The normalized spacial score (nSPS) is 17.7. The number of methoxy groups -OCH3 is 1. The highest BCUT2D eigenvalue weighted by atomic mass is 16.5. The van der Waals surface area contributed by atoms with Gasteiger partial charge in [0.2, 0.25) is 0 Å². The summed E-state index contributed by atoms with van der Waals surface area (Å²) >= 11 is 0. The zero-order valence-corrected chi connectivity index (χ0v) is 12.8. The monoisotopic (exact) mass is 261 g/mol. The van der Waals surface area contributed by atoms with E-state index in [1.807, 2.05) is 0 Å². The van der Waals surface area contributed by atoms with Crippen molar-refractivity contribution in [3.05, 3.63) is 28.8 Å². The van der Waals surface area contributed by atoms with Crippen LogP contribution in [0.25, 0.3) is 0 Å². The average molecular weight is 261 g/mol. The van der Waals surface area contributed by atoms with E-state index in [1.54, 1.807) is 7.11 Å². The minimum atomic E-state index is 0.447. The van der Waals surface area contributed by atoms with Crippen LogP contribution in [0.4, 0.5) is 0 Å². The van der Waals surface area contributed by atoms with Crippen LogP contribution in [0.3, 0.4) is 0 Å². The molecule has 0 amide bonds. The second kappa shape index (κ2) is 6.42. The smallest absolute Gasteiger partial charge is 0.124 e. The van der Waals surface area contributed by atoms with Crippen molar-refractivity contribution in [1.82, 2.24) is 5.32 Å². The van der Waals surface area contributed by atoms with Gasteiger partial charge in [-0.05, 0) is 56.3 Å². The SMILES string of the molecule is CCNC(c1c(C)cc(C)cc1OC)C1CCCC1. The lowest BCUT2D eigenvalue weighted by Gasteiger charge is -2.28. The standard InChI is InChI=1S/C17H27NO/c1-5-18-17(14-8-6-7-9-14)16-13(3)10-12(2)11-15(16)19-4/h10-11,14,17-18H,5-9H2,1-4H3. The average Bonchev–Trinajstić information content (AvgIpc) is 2.89. The van der Waals surface area contributed by atoms with Crippen LogP contribution in [0.1, 0.15) is 55.3 Å². The van der Waals surface area contributed by atoms with Crippen LogP contribution in [-0.2, 0) is 0 Å². The predicted octanol–water partition coefficient (Wildman–Crippen LogP) is 4.15. The minimum absolute atomic E-state index is 0.447. The molecule has 2 rings (SSSR count). The molecule has 1 aromatic rings. The fourth-order valence-corrected chi connectivity index (χ4v) is 3.52. The minimum Gasteiger partial charge on any atom is -0.496 e. The maximum absolute atomic E-state index is 5.65. The third kappa shape index (κ3) is 3.11. The van der Waals surface area contributed by atoms with Crippen LogP contribution in [0, 0.1) is 19.8 Å². The molecule has 0 heterocycles. The summed E-state index contributed by atoms with van der Waals surface area (Å²) in [5, 5.41) is 3.70. The van der Waals surface area contributed by atoms with Gasteiger partial charge in [-0.1, -0.05) is 25.8 Å². The molecule has 0 radical (unpaired) electrons. The lowest BCUT2D eigenvalue weighted by atomic mass is 9.87. The molecule has 1 aliphatic rings. The van der Waals surface area contributed by atoms with E-state index in [2.05, 4.69) is 38.2 Å². The lowest BCUT2D eigenvalue weighted by molar-refractivity contribution is 0.348. The van der Waals surface area contributed by atoms with Gasteiger partial charge in [-0.15, -0.1) is 0 Å². The van der Waals surface area contributed by atoms with E-state index in [0.717, 1.165) is 18.2 Å². The summed E-state index contributed by atoms with van der Waals surface area (Å²) in [5.41, 5.74) is 4.01. The summed E-state index contributed by atoms with van der Waals surface area (Å²) in [4.78, 5) is 0. The molecule has 1 N–H and O–H groups in total. The summed E-state index contributed by atoms with van der Waals surface area (Å²) in [6.45, 7) is 7.55. The van der Waals surface area contributed by atoms with E-state index >= 15 is 0 Å². The molecule has 1 fully saturated rings. The van der Waals surface area contributed by atoms with Crippen molar-refractivity contribution < 1.29 is 4.74 Å². The first-order valence-electron chi connectivity index (χ1n) is 7.55. The topological polar surface area (TPSA) is 21.3 Å². The first-order valence-corrected chi connectivity index (χ1v) is 7.55. The highest BCUT2D eigenvalue weighted by Crippen LogP contribution is 2.40. The quantitative estimate of drug-likeness (QED) is 0.859. The second-order valence-electron chi connectivity index (χ2n) is 5.78. The van der Waals surface area contributed by atoms with Gasteiger partial charge in [0.05, 0.1) is 7.11 Å². The molecule has 0 bridgehead atoms. The fourth-order valence-electron chi connectivity index (χ4n) is 3.52. The van der Waals surface area contributed by atoms with Gasteiger partial charge in [0.25, 0.3) is 0 Å². The Morgan fingerprint density at radius 1 is 1.26 bits per heavy atom. The fraction of sp³-hybridized carbons (Fsp3) is 0.647. The molecule has 0 saturated heterocycles. The van der Waals surface area contributed by atoms with Crippen molar-refractivity contribution in [3.8, 4) is 5.75 Å². The molecular formula is C17H27NO. The summed E-state index contributed by atoms with van der Waals surface area (Å²) in [6, 6.07) is 4.89. The zero-order chi connectivity index (χ0) is 13.8. The summed E-state index contributed by atoms with van der Waals surface area (Å²) in [7, 11) is 1.79. The van der Waals surface area contributed by atoms with Crippen LogP contribution in [0.5, 0.6) is 5.75 Å². The van der Waals surface area contributed by atoms with Gasteiger partial charge < -0.3 is 10.1 Å². The van der Waals surface area contributed by atoms with Crippen LogP contribution >= 0.6 is 0 Å². The molecule has 0 aliphatic heterocycles. The summed E-state index contributed by atoms with van der Waals surface area (Å²) in [6.07, 6.45) is 5.43. The largest absolute Gasteiger partial charge is 0.496 e. The summed E-state index contributed by atoms with van der Waals surface area (Å²) in [5.74, 6) is 1.81. The second-order valence-corrected chi connectivity index (χ2v) is 5.78. The highest BCUT2D eigenvalue weighted by molar-refractivity contribution is 5.45. The molecule has 2 heteroatoms. The zero-order valence-electron chi connectivity index (χ0n) is 12.8. The number of benzene rings is 1. The van der Waals surface area contributed by atoms with Gasteiger partial charge in [-0.3, -0.25) is 0 Å². The van der Waals surface area contributed by atoms with Crippen molar-refractivity contribution >= 4 is 0 Å². The number of ether oxygens (including phenoxy) is 1. The molecule has 0 spiro atoms. The van der Waals surface area contributed by atoms with Crippen molar-refractivity contribution in [2.75, 3.05) is 13.7 Å². The van der Waals surface area contributed by atoms with Gasteiger partial charge in [0, 0.05) is 11.6 Å². The van der Waals surface area contributed by atoms with E-state index in [1.165, 1.54) is 42.4 Å². The first-order chi connectivity index (χ1) is 9.17. The van der Waals surface area contributed by atoms with Crippen LogP contribution in [-0.4, -0.2) is 13.7 Å². The molecule has 0 aromatic heterocycles. The lowest BCUT2D eigenvalue weighted by Crippen LogP contribution is -2.28. The Kier molecular flexibility index (Phi) is 4.87. The molecule has 1 unspecified atom stereocenters. The van der Waals surface area contributed by atoms with E-state index in [-0.39, 0.29) is 0 Å². The number of hydrogen-bond donors (Lipinski definition) is 1. The van der Waals surface area contributed by atoms with Gasteiger partial charge in [0.1, 0.15) is 5.75 Å². The Labute approximate surface area is 117 Å². The third-order valence-corrected chi connectivity index (χ3v) is 4.32. The molecular weight excluding hydrogens is 234 g/mol. The Balaban J connectivity index is 2.39. The number of nitrogens with one attached hydrogen (secondary N) is 1. The molecule has 1 saturated carbocycles. The number of hydrogen-bond acceptors (Lipinski definition) is 2. The van der Waals surface area contributed by atoms with Crippen molar-refractivity contribution in [2.24, 2.45) is 5.92 Å². The molecule has 1 atom stereocenters. The molecule has 106 valence electrons. The van der Waals surface area contributed by atoms with E-state index in [0.29, 0.717) is 6.04 Å². The Hall–Kier alpha value is -1.02. The van der Waals surface area contributed by atoms with Crippen LogP contribution in [0.15, 0.2) is 12.1 Å². The Morgan fingerprint density at radius 2 is 1.95 bits per heavy atom. The third-order valence-electron chi connectivity index (χ3n) is 4.32. The van der Waals surface area contributed by atoms with E-state index < -0.39 is 0 Å². The Bertz CT molecular complexity index is 422. The van der Waals surface area contributed by atoms with Crippen molar-refractivity contribution in [3.63, 3.8) is 0 Å². The first kappa shape index (κ1) is 14.4. The van der Waals surface area contributed by atoms with Crippen LogP contribution in [0.2, 0.25) is 0 Å². The summed E-state index contributed by atoms with van der Waals surface area (Å²) < 4.78 is 5.65. The van der Waals surface area contributed by atoms with Gasteiger partial charge in [-0.2, -0.15) is 0 Å². The molecule has 2 nitrogen and oxygen atoms in total. The van der Waals surface area contributed by atoms with Crippen LogP contribution < -0.4 is 10.1 Å². The number of rotatable bonds is 5. The van der Waals surface area contributed by atoms with Crippen molar-refractivity contribution in [2.45, 2.75) is 52.5 Å². The van der Waals surface area contributed by atoms with Gasteiger partial charge in [0.15, 0.2) is 0 Å². The molecule has 19 heavy (non-hydrogen) atoms. The maximum Gasteiger partial charge on any atom is 0.124 e. The molecule has 1 aliphatic carbocycles. The molecule has 1 aromatic carbocycles. The predicted molar refractivity (Wildman–Crippen MR) is 80.8 cm³/mol. The van der Waals surface area contributed by atoms with Gasteiger partial charge >= 0.3 is 0 Å². The van der Waals surface area contributed by atoms with E-state index in [4.69, 9.17) is 4.74 Å². The van der Waals surface area contributed by atoms with Gasteiger partial charge in [-0.25, -0.2) is 0 Å².